The van der Waals surface area contributed by atoms with Crippen molar-refractivity contribution >= 4 is 11.9 Å². The van der Waals surface area contributed by atoms with Crippen LogP contribution in [0.1, 0.15) is 24.8 Å². The van der Waals surface area contributed by atoms with Crippen molar-refractivity contribution in [2.24, 2.45) is 24.8 Å². The van der Waals surface area contributed by atoms with E-state index in [0.717, 1.165) is 45.1 Å². The summed E-state index contributed by atoms with van der Waals surface area (Å²) in [5, 5.41) is 14.5. The third-order valence-electron chi connectivity index (χ3n) is 5.68. The van der Waals surface area contributed by atoms with E-state index in [2.05, 4.69) is 15.3 Å². The average molecular weight is 432 g/mol. The van der Waals surface area contributed by atoms with Crippen molar-refractivity contribution in [3.8, 4) is 0 Å². The molecule has 30 heavy (non-hydrogen) atoms. The Morgan fingerprint density at radius 3 is 2.57 bits per heavy atom. The number of rotatable bonds is 5. The van der Waals surface area contributed by atoms with Gasteiger partial charge in [0.1, 0.15) is 0 Å². The quantitative estimate of drug-likeness (QED) is 0.731. The normalized spacial score (nSPS) is 26.5. The molecule has 8 nitrogen and oxygen atoms in total. The number of nitrogens with zero attached hydrogens (tertiary/aromatic N) is 3. The van der Waals surface area contributed by atoms with Crippen molar-refractivity contribution in [2.45, 2.75) is 38.1 Å². The highest BCUT2D eigenvalue weighted by Gasteiger charge is 2.44. The average Bonchev–Trinajstić information content (AvgIpc) is 3.23. The third kappa shape index (κ3) is 6.18. The van der Waals surface area contributed by atoms with Gasteiger partial charge in [0.05, 0.1) is 18.2 Å². The Labute approximate surface area is 172 Å². The highest BCUT2D eigenvalue weighted by molar-refractivity contribution is 5.79. The van der Waals surface area contributed by atoms with E-state index in [0.29, 0.717) is 5.92 Å². The highest BCUT2D eigenvalue weighted by Crippen LogP contribution is 2.35. The number of likely N-dealkylation sites (tertiary alicyclic amines) is 1. The monoisotopic (exact) mass is 432 g/mol. The van der Waals surface area contributed by atoms with Crippen LogP contribution in [0.2, 0.25) is 0 Å². The molecule has 1 aromatic rings. The van der Waals surface area contributed by atoms with Crippen LogP contribution < -0.4 is 5.32 Å². The molecule has 2 saturated heterocycles. The molecule has 3 heterocycles. The Morgan fingerprint density at radius 1 is 1.30 bits per heavy atom. The summed E-state index contributed by atoms with van der Waals surface area (Å²) in [5.41, 5.74) is 1.20. The molecule has 1 aliphatic carbocycles. The molecule has 2 aliphatic heterocycles. The summed E-state index contributed by atoms with van der Waals surface area (Å²) in [6.07, 6.45) is 2.64. The van der Waals surface area contributed by atoms with E-state index in [9.17, 15) is 18.0 Å². The number of fused-ring (bicyclic) bond motifs is 1. The van der Waals surface area contributed by atoms with Crippen molar-refractivity contribution in [1.82, 2.24) is 20.0 Å². The molecule has 1 saturated carbocycles. The number of piperidine rings is 1. The second-order valence-corrected chi connectivity index (χ2v) is 8.18. The Bertz CT molecular complexity index is 750. The zero-order valence-corrected chi connectivity index (χ0v) is 16.8. The summed E-state index contributed by atoms with van der Waals surface area (Å²) in [4.78, 5) is 23.9. The van der Waals surface area contributed by atoms with Gasteiger partial charge in [-0.25, -0.2) is 4.79 Å². The summed E-state index contributed by atoms with van der Waals surface area (Å²) in [5.74, 6) is -1.35. The van der Waals surface area contributed by atoms with Crippen molar-refractivity contribution < 1.29 is 32.6 Å². The number of carbonyl (C=O) groups is 2. The third-order valence-corrected chi connectivity index (χ3v) is 5.68. The molecular weight excluding hydrogens is 405 g/mol. The number of ether oxygens (including phenoxy) is 1. The van der Waals surface area contributed by atoms with Crippen LogP contribution >= 0.6 is 0 Å². The number of aryl methyl sites for hydroxylation is 1. The number of carboxylic acids is 1. The fourth-order valence-electron chi connectivity index (χ4n) is 3.97. The number of aromatic nitrogens is 2. The summed E-state index contributed by atoms with van der Waals surface area (Å²) in [7, 11) is 1.93. The van der Waals surface area contributed by atoms with Gasteiger partial charge >= 0.3 is 12.1 Å². The molecule has 3 fully saturated rings. The topological polar surface area (TPSA) is 96.7 Å². The maximum absolute atomic E-state index is 12.7. The van der Waals surface area contributed by atoms with Gasteiger partial charge in [-0.05, 0) is 25.2 Å². The molecule has 4 rings (SSSR count). The fourth-order valence-corrected chi connectivity index (χ4v) is 3.97. The van der Waals surface area contributed by atoms with Crippen LogP contribution in [-0.2, 0) is 27.9 Å². The minimum atomic E-state index is -5.08. The summed E-state index contributed by atoms with van der Waals surface area (Å²) >= 11 is 0. The lowest BCUT2D eigenvalue weighted by Gasteiger charge is -2.39. The molecule has 2 N–H and O–H groups in total. The summed E-state index contributed by atoms with van der Waals surface area (Å²) in [6.45, 7) is 4.24. The molecular formula is C19H27F3N4O4. The van der Waals surface area contributed by atoms with Crippen LogP contribution in [0.3, 0.4) is 0 Å². The maximum Gasteiger partial charge on any atom is 0.490 e. The first-order valence-electron chi connectivity index (χ1n) is 10.0. The van der Waals surface area contributed by atoms with Crippen LogP contribution in [0.5, 0.6) is 0 Å². The van der Waals surface area contributed by atoms with E-state index >= 15 is 0 Å². The number of nitrogens with one attached hydrogen (secondary N) is 1. The SMILES string of the molecule is Cn1cc(CN2C[C@H](C(=O)NCC3CC3)[C@@H]3CCO[C@@H]3C2)cn1.O=C(O)C(F)(F)F. The molecule has 3 atom stereocenters. The molecule has 11 heteroatoms. The van der Waals surface area contributed by atoms with E-state index < -0.39 is 12.1 Å². The molecule has 168 valence electrons. The second kappa shape index (κ2) is 9.34. The van der Waals surface area contributed by atoms with E-state index in [1.54, 1.807) is 0 Å². The van der Waals surface area contributed by atoms with Gasteiger partial charge in [0.25, 0.3) is 0 Å². The smallest absolute Gasteiger partial charge is 0.475 e. The van der Waals surface area contributed by atoms with Crippen molar-refractivity contribution in [1.29, 1.82) is 0 Å². The van der Waals surface area contributed by atoms with Crippen LogP contribution in [0.15, 0.2) is 12.4 Å². The van der Waals surface area contributed by atoms with Gasteiger partial charge in [-0.15, -0.1) is 0 Å². The number of hydrogen-bond donors (Lipinski definition) is 2. The van der Waals surface area contributed by atoms with Crippen molar-refractivity contribution in [2.75, 3.05) is 26.2 Å². The van der Waals surface area contributed by atoms with E-state index in [4.69, 9.17) is 14.6 Å². The lowest BCUT2D eigenvalue weighted by molar-refractivity contribution is -0.192. The van der Waals surface area contributed by atoms with Crippen LogP contribution in [-0.4, -0.2) is 70.2 Å². The molecule has 1 aromatic heterocycles. The molecule has 0 bridgehead atoms. The first kappa shape index (κ1) is 22.5. The summed E-state index contributed by atoms with van der Waals surface area (Å²) < 4.78 is 39.5. The zero-order chi connectivity index (χ0) is 21.9. The van der Waals surface area contributed by atoms with Gasteiger partial charge in [-0.1, -0.05) is 0 Å². The maximum atomic E-state index is 12.7. The van der Waals surface area contributed by atoms with Gasteiger partial charge < -0.3 is 15.2 Å². The van der Waals surface area contributed by atoms with E-state index in [-0.39, 0.29) is 17.9 Å². The Kier molecular flexibility index (Phi) is 7.02. The van der Waals surface area contributed by atoms with Gasteiger partial charge in [-0.3, -0.25) is 14.4 Å². The van der Waals surface area contributed by atoms with Gasteiger partial charge in [0, 0.05) is 57.5 Å². The first-order chi connectivity index (χ1) is 14.1. The molecule has 3 aliphatic rings. The van der Waals surface area contributed by atoms with Gasteiger partial charge in [0.2, 0.25) is 5.91 Å². The number of hydrogen-bond acceptors (Lipinski definition) is 5. The van der Waals surface area contributed by atoms with Crippen LogP contribution in [0, 0.1) is 17.8 Å². The molecule has 0 spiro atoms. The highest BCUT2D eigenvalue weighted by atomic mass is 19.4. The standard InChI is InChI=1S/C17H26N4O2.C2HF3O2/c1-20-8-13(7-19-20)9-21-10-15(14-4-5-23-16(14)11-21)17(22)18-6-12-2-3-12;3-2(4,5)1(6)7/h7-8,12,14-16H,2-6,9-11H2,1H3,(H,18,22);(H,6,7)/t14-,15-,16+;/m0./s1. The molecule has 0 aromatic carbocycles. The second-order valence-electron chi connectivity index (χ2n) is 8.18. The first-order valence-corrected chi connectivity index (χ1v) is 10.0. The van der Waals surface area contributed by atoms with E-state index in [1.165, 1.54) is 18.4 Å². The largest absolute Gasteiger partial charge is 0.490 e. The molecule has 1 amide bonds. The lowest BCUT2D eigenvalue weighted by atomic mass is 9.82. The zero-order valence-electron chi connectivity index (χ0n) is 16.8. The van der Waals surface area contributed by atoms with Crippen molar-refractivity contribution in [3.05, 3.63) is 18.0 Å². The van der Waals surface area contributed by atoms with Gasteiger partial charge in [0.15, 0.2) is 0 Å². The van der Waals surface area contributed by atoms with Crippen molar-refractivity contribution in [3.63, 3.8) is 0 Å². The number of amides is 1. The number of alkyl halides is 3. The van der Waals surface area contributed by atoms with Gasteiger partial charge in [-0.2, -0.15) is 18.3 Å². The number of aliphatic carboxylic acids is 1. The Balaban J connectivity index is 0.000000318. The lowest BCUT2D eigenvalue weighted by Crippen LogP contribution is -2.52. The van der Waals surface area contributed by atoms with Crippen LogP contribution in [0.4, 0.5) is 13.2 Å². The Morgan fingerprint density at radius 2 is 2.00 bits per heavy atom. The fraction of sp³-hybridized carbons (Fsp3) is 0.737. The minimum Gasteiger partial charge on any atom is -0.475 e. The predicted molar refractivity (Wildman–Crippen MR) is 99.2 cm³/mol. The minimum absolute atomic E-state index is 0.0617. The molecule has 0 radical (unpaired) electrons. The number of carboxylic acid groups (broad SMARTS) is 1. The van der Waals surface area contributed by atoms with Crippen LogP contribution in [0.25, 0.3) is 0 Å². The number of halogens is 3. The summed E-state index contributed by atoms with van der Waals surface area (Å²) in [6, 6.07) is 0. The predicted octanol–water partition coefficient (Wildman–Crippen LogP) is 1.42. The Hall–Kier alpha value is -2.14. The number of carbonyl (C=O) groups excluding carboxylic acids is 1. The molecule has 0 unspecified atom stereocenters. The van der Waals surface area contributed by atoms with E-state index in [1.807, 2.05) is 24.1 Å².